The van der Waals surface area contributed by atoms with Gasteiger partial charge in [0.05, 0.1) is 5.56 Å². The van der Waals surface area contributed by atoms with Crippen LogP contribution in [0.3, 0.4) is 0 Å². The molecule has 0 saturated heterocycles. The standard InChI is InChI=1S/C14H18O3/c1-5-6-10-9-11(7-8-12(10)15)13(16)17-14(2,3)4/h5,7-9,15H,1,6H2,2-4H3. The van der Waals surface area contributed by atoms with Gasteiger partial charge in [0.25, 0.3) is 0 Å². The molecule has 0 saturated carbocycles. The number of allylic oxidation sites excluding steroid dienone is 1. The average molecular weight is 234 g/mol. The van der Waals surface area contributed by atoms with Gasteiger partial charge >= 0.3 is 5.97 Å². The van der Waals surface area contributed by atoms with E-state index in [1.807, 2.05) is 20.8 Å². The molecule has 1 aromatic carbocycles. The Morgan fingerprint density at radius 1 is 1.47 bits per heavy atom. The molecule has 17 heavy (non-hydrogen) atoms. The molecular weight excluding hydrogens is 216 g/mol. The number of carbonyl (C=O) groups excluding carboxylic acids is 1. The van der Waals surface area contributed by atoms with Crippen LogP contribution in [0.2, 0.25) is 0 Å². The van der Waals surface area contributed by atoms with Crippen molar-refractivity contribution in [2.24, 2.45) is 0 Å². The summed E-state index contributed by atoms with van der Waals surface area (Å²) in [5.74, 6) is -0.222. The first kappa shape index (κ1) is 13.3. The van der Waals surface area contributed by atoms with Gasteiger partial charge in [-0.3, -0.25) is 0 Å². The van der Waals surface area contributed by atoms with Crippen LogP contribution < -0.4 is 0 Å². The highest BCUT2D eigenvalue weighted by molar-refractivity contribution is 5.90. The van der Waals surface area contributed by atoms with Crippen LogP contribution in [0.4, 0.5) is 0 Å². The van der Waals surface area contributed by atoms with Crippen molar-refractivity contribution in [3.05, 3.63) is 42.0 Å². The third kappa shape index (κ3) is 3.94. The largest absolute Gasteiger partial charge is 0.508 e. The van der Waals surface area contributed by atoms with Crippen molar-refractivity contribution >= 4 is 5.97 Å². The SMILES string of the molecule is C=CCc1cc(C(=O)OC(C)(C)C)ccc1O. The van der Waals surface area contributed by atoms with Crippen LogP contribution in [0.15, 0.2) is 30.9 Å². The topological polar surface area (TPSA) is 46.5 Å². The van der Waals surface area contributed by atoms with Crippen molar-refractivity contribution in [3.8, 4) is 5.75 Å². The molecule has 0 amide bonds. The van der Waals surface area contributed by atoms with Crippen LogP contribution >= 0.6 is 0 Å². The minimum Gasteiger partial charge on any atom is -0.508 e. The number of benzene rings is 1. The zero-order valence-electron chi connectivity index (χ0n) is 10.5. The van der Waals surface area contributed by atoms with Gasteiger partial charge in [0.15, 0.2) is 0 Å². The molecule has 1 rings (SSSR count). The number of aromatic hydroxyl groups is 1. The van der Waals surface area contributed by atoms with E-state index in [1.165, 1.54) is 6.07 Å². The first-order chi connectivity index (χ1) is 7.83. The lowest BCUT2D eigenvalue weighted by atomic mass is 10.1. The summed E-state index contributed by atoms with van der Waals surface area (Å²) in [4.78, 5) is 11.8. The van der Waals surface area contributed by atoms with Gasteiger partial charge in [0.2, 0.25) is 0 Å². The maximum Gasteiger partial charge on any atom is 0.338 e. The highest BCUT2D eigenvalue weighted by Gasteiger charge is 2.18. The Kier molecular flexibility index (Phi) is 3.94. The van der Waals surface area contributed by atoms with Crippen molar-refractivity contribution in [2.75, 3.05) is 0 Å². The first-order valence-corrected chi connectivity index (χ1v) is 5.49. The van der Waals surface area contributed by atoms with Crippen LogP contribution in [0.25, 0.3) is 0 Å². The summed E-state index contributed by atoms with van der Waals surface area (Å²) in [6, 6.07) is 4.68. The molecule has 1 N–H and O–H groups in total. The van der Waals surface area contributed by atoms with Crippen molar-refractivity contribution in [1.82, 2.24) is 0 Å². The van der Waals surface area contributed by atoms with Crippen molar-refractivity contribution < 1.29 is 14.6 Å². The Hall–Kier alpha value is -1.77. The maximum atomic E-state index is 11.8. The third-order valence-electron chi connectivity index (χ3n) is 2.08. The molecule has 0 radical (unpaired) electrons. The Morgan fingerprint density at radius 3 is 2.65 bits per heavy atom. The Balaban J connectivity index is 2.95. The number of hydrogen-bond donors (Lipinski definition) is 1. The molecule has 0 fully saturated rings. The predicted octanol–water partition coefficient (Wildman–Crippen LogP) is 3.08. The number of phenols is 1. The summed E-state index contributed by atoms with van der Waals surface area (Å²) in [5.41, 5.74) is 0.589. The van der Waals surface area contributed by atoms with E-state index in [4.69, 9.17) is 4.74 Å². The highest BCUT2D eigenvalue weighted by atomic mass is 16.6. The molecule has 0 spiro atoms. The molecule has 92 valence electrons. The molecule has 0 aliphatic carbocycles. The summed E-state index contributed by atoms with van der Waals surface area (Å²) in [7, 11) is 0. The molecule has 1 aromatic rings. The normalized spacial score (nSPS) is 11.0. The van der Waals surface area contributed by atoms with Crippen LogP contribution in [0.5, 0.6) is 5.75 Å². The second-order valence-corrected chi connectivity index (χ2v) is 4.84. The second kappa shape index (κ2) is 5.04. The van der Waals surface area contributed by atoms with Gasteiger partial charge in [-0.25, -0.2) is 4.79 Å². The maximum absolute atomic E-state index is 11.8. The first-order valence-electron chi connectivity index (χ1n) is 5.49. The van der Waals surface area contributed by atoms with Crippen molar-refractivity contribution in [2.45, 2.75) is 32.8 Å². The van der Waals surface area contributed by atoms with E-state index in [0.717, 1.165) is 0 Å². The number of phenolic OH excluding ortho intramolecular Hbond substituents is 1. The lowest BCUT2D eigenvalue weighted by Gasteiger charge is -2.19. The van der Waals surface area contributed by atoms with Crippen molar-refractivity contribution in [1.29, 1.82) is 0 Å². The quantitative estimate of drug-likeness (QED) is 0.645. The number of hydrogen-bond acceptors (Lipinski definition) is 3. The molecule has 0 atom stereocenters. The van der Waals surface area contributed by atoms with E-state index in [2.05, 4.69) is 6.58 Å². The molecule has 0 bridgehead atoms. The minimum atomic E-state index is -0.520. The van der Waals surface area contributed by atoms with Gasteiger partial charge in [-0.15, -0.1) is 6.58 Å². The molecule has 3 heteroatoms. The van der Waals surface area contributed by atoms with Gasteiger partial charge in [0.1, 0.15) is 11.4 Å². The summed E-state index contributed by atoms with van der Waals surface area (Å²) in [6.45, 7) is 9.05. The Labute approximate surface area is 102 Å². The molecule has 0 unspecified atom stereocenters. The lowest BCUT2D eigenvalue weighted by Crippen LogP contribution is -2.23. The zero-order chi connectivity index (χ0) is 13.1. The highest BCUT2D eigenvalue weighted by Crippen LogP contribution is 2.21. The fraction of sp³-hybridized carbons (Fsp3) is 0.357. The smallest absolute Gasteiger partial charge is 0.338 e. The van der Waals surface area contributed by atoms with Crippen LogP contribution in [-0.4, -0.2) is 16.7 Å². The molecule has 0 aliphatic rings. The molecule has 0 heterocycles. The fourth-order valence-corrected chi connectivity index (χ4v) is 1.37. The monoisotopic (exact) mass is 234 g/mol. The summed E-state index contributed by atoms with van der Waals surface area (Å²) in [5, 5.41) is 9.58. The van der Waals surface area contributed by atoms with E-state index in [-0.39, 0.29) is 11.7 Å². The zero-order valence-corrected chi connectivity index (χ0v) is 10.5. The van der Waals surface area contributed by atoms with Crippen LogP contribution in [0.1, 0.15) is 36.7 Å². The summed E-state index contributed by atoms with van der Waals surface area (Å²) >= 11 is 0. The Morgan fingerprint density at radius 2 is 2.12 bits per heavy atom. The van der Waals surface area contributed by atoms with Crippen molar-refractivity contribution in [3.63, 3.8) is 0 Å². The summed E-state index contributed by atoms with van der Waals surface area (Å²) < 4.78 is 5.25. The average Bonchev–Trinajstić information content (AvgIpc) is 2.19. The fourth-order valence-electron chi connectivity index (χ4n) is 1.37. The molecule has 3 nitrogen and oxygen atoms in total. The Bertz CT molecular complexity index is 428. The van der Waals surface area contributed by atoms with E-state index in [9.17, 15) is 9.90 Å². The van der Waals surface area contributed by atoms with Gasteiger partial charge < -0.3 is 9.84 Å². The van der Waals surface area contributed by atoms with Crippen LogP contribution in [-0.2, 0) is 11.2 Å². The summed E-state index contributed by atoms with van der Waals surface area (Å²) in [6.07, 6.45) is 2.19. The van der Waals surface area contributed by atoms with Crippen LogP contribution in [0, 0.1) is 0 Å². The predicted molar refractivity (Wildman–Crippen MR) is 67.2 cm³/mol. The van der Waals surface area contributed by atoms with E-state index in [0.29, 0.717) is 17.5 Å². The van der Waals surface area contributed by atoms with E-state index < -0.39 is 5.60 Å². The second-order valence-electron chi connectivity index (χ2n) is 4.84. The molecule has 0 aromatic heterocycles. The van der Waals surface area contributed by atoms with Gasteiger partial charge in [-0.1, -0.05) is 6.08 Å². The minimum absolute atomic E-state index is 0.164. The van der Waals surface area contributed by atoms with Gasteiger partial charge in [0, 0.05) is 0 Å². The number of carbonyl (C=O) groups is 1. The third-order valence-corrected chi connectivity index (χ3v) is 2.08. The van der Waals surface area contributed by atoms with E-state index >= 15 is 0 Å². The molecule has 0 aliphatic heterocycles. The molecular formula is C14H18O3. The number of ether oxygens (including phenoxy) is 1. The number of rotatable bonds is 3. The lowest BCUT2D eigenvalue weighted by molar-refractivity contribution is 0.00694. The number of esters is 1. The van der Waals surface area contributed by atoms with Gasteiger partial charge in [-0.2, -0.15) is 0 Å². The van der Waals surface area contributed by atoms with E-state index in [1.54, 1.807) is 18.2 Å². The van der Waals surface area contributed by atoms with Gasteiger partial charge in [-0.05, 0) is 51.0 Å².